The molecule has 0 saturated heterocycles. The summed E-state index contributed by atoms with van der Waals surface area (Å²) in [6.07, 6.45) is 1.07. The predicted molar refractivity (Wildman–Crippen MR) is 118 cm³/mol. The standard InChI is InChI=1S/C21H16Cl2N2O4S/c1-30(28,29)17-7-3-5-14(11-17)21(27)25-19-9-8-16(12-18(19)23)24-20(26)13-4-2-6-15(22)10-13/h2-12H,1H3,(H,24,26)(H,25,27). The van der Waals surface area contributed by atoms with Crippen LogP contribution in [-0.2, 0) is 9.84 Å². The Kier molecular flexibility index (Phi) is 6.45. The van der Waals surface area contributed by atoms with Crippen LogP contribution < -0.4 is 10.6 Å². The molecule has 0 bridgehead atoms. The van der Waals surface area contributed by atoms with Gasteiger partial charge in [0.1, 0.15) is 0 Å². The van der Waals surface area contributed by atoms with Crippen LogP contribution in [0, 0.1) is 0 Å². The van der Waals surface area contributed by atoms with Gasteiger partial charge in [0.25, 0.3) is 11.8 Å². The molecule has 2 N–H and O–H groups in total. The molecule has 0 aliphatic rings. The fourth-order valence-electron chi connectivity index (χ4n) is 2.59. The summed E-state index contributed by atoms with van der Waals surface area (Å²) in [5.41, 5.74) is 1.31. The van der Waals surface area contributed by atoms with Gasteiger partial charge in [0.15, 0.2) is 9.84 Å². The summed E-state index contributed by atoms with van der Waals surface area (Å²) in [5.74, 6) is -0.874. The van der Waals surface area contributed by atoms with Crippen LogP contribution in [0.15, 0.2) is 71.6 Å². The first kappa shape index (κ1) is 21.8. The molecule has 3 rings (SSSR count). The van der Waals surface area contributed by atoms with Crippen molar-refractivity contribution in [3.8, 4) is 0 Å². The van der Waals surface area contributed by atoms with E-state index in [0.717, 1.165) is 6.26 Å². The Morgan fingerprint density at radius 3 is 2.07 bits per heavy atom. The minimum absolute atomic E-state index is 0.0420. The number of carbonyl (C=O) groups excluding carboxylic acids is 2. The Morgan fingerprint density at radius 1 is 0.800 bits per heavy atom. The Bertz CT molecular complexity index is 1240. The average Bonchev–Trinajstić information content (AvgIpc) is 2.69. The SMILES string of the molecule is CS(=O)(=O)c1cccc(C(=O)Nc2ccc(NC(=O)c3cccc(Cl)c3)cc2Cl)c1. The molecule has 0 saturated carbocycles. The van der Waals surface area contributed by atoms with E-state index in [4.69, 9.17) is 23.2 Å². The van der Waals surface area contributed by atoms with Crippen LogP contribution in [0.4, 0.5) is 11.4 Å². The fourth-order valence-corrected chi connectivity index (χ4v) is 3.67. The van der Waals surface area contributed by atoms with Crippen molar-refractivity contribution in [1.82, 2.24) is 0 Å². The van der Waals surface area contributed by atoms with Crippen LogP contribution in [0.3, 0.4) is 0 Å². The highest BCUT2D eigenvalue weighted by atomic mass is 35.5. The van der Waals surface area contributed by atoms with Crippen molar-refractivity contribution >= 4 is 56.2 Å². The Labute approximate surface area is 183 Å². The molecule has 0 fully saturated rings. The third kappa shape index (κ3) is 5.38. The molecule has 30 heavy (non-hydrogen) atoms. The summed E-state index contributed by atoms with van der Waals surface area (Å²) in [4.78, 5) is 24.8. The van der Waals surface area contributed by atoms with E-state index in [1.54, 1.807) is 24.3 Å². The molecule has 0 aliphatic heterocycles. The second kappa shape index (κ2) is 8.87. The second-order valence-corrected chi connectivity index (χ2v) is 9.27. The van der Waals surface area contributed by atoms with Crippen molar-refractivity contribution in [1.29, 1.82) is 0 Å². The van der Waals surface area contributed by atoms with Crippen LogP contribution in [0.1, 0.15) is 20.7 Å². The third-order valence-corrected chi connectivity index (χ3v) is 5.74. The van der Waals surface area contributed by atoms with Gasteiger partial charge in [0.2, 0.25) is 0 Å². The molecule has 0 spiro atoms. The highest BCUT2D eigenvalue weighted by Gasteiger charge is 2.14. The van der Waals surface area contributed by atoms with Crippen LogP contribution >= 0.6 is 23.2 Å². The maximum Gasteiger partial charge on any atom is 0.255 e. The van der Waals surface area contributed by atoms with Crippen LogP contribution in [0.25, 0.3) is 0 Å². The molecular weight excluding hydrogens is 447 g/mol. The zero-order valence-electron chi connectivity index (χ0n) is 15.6. The minimum Gasteiger partial charge on any atom is -0.322 e. The second-order valence-electron chi connectivity index (χ2n) is 6.41. The van der Waals surface area contributed by atoms with Gasteiger partial charge in [-0.05, 0) is 54.6 Å². The maximum absolute atomic E-state index is 12.5. The number of nitrogens with one attached hydrogen (secondary N) is 2. The van der Waals surface area contributed by atoms with E-state index in [0.29, 0.717) is 22.0 Å². The number of benzene rings is 3. The quantitative estimate of drug-likeness (QED) is 0.563. The van der Waals surface area contributed by atoms with E-state index in [2.05, 4.69) is 10.6 Å². The van der Waals surface area contributed by atoms with Gasteiger partial charge in [0.05, 0.1) is 15.6 Å². The number of carbonyl (C=O) groups is 2. The normalized spacial score (nSPS) is 11.0. The van der Waals surface area contributed by atoms with E-state index < -0.39 is 15.7 Å². The molecule has 3 aromatic carbocycles. The Hall–Kier alpha value is -2.87. The lowest BCUT2D eigenvalue weighted by atomic mass is 10.2. The highest BCUT2D eigenvalue weighted by Crippen LogP contribution is 2.27. The molecule has 0 unspecified atom stereocenters. The molecule has 154 valence electrons. The summed E-state index contributed by atoms with van der Waals surface area (Å²) in [5, 5.41) is 5.97. The van der Waals surface area contributed by atoms with Gasteiger partial charge < -0.3 is 10.6 Å². The number of halogens is 2. The maximum atomic E-state index is 12.5. The number of hydrogen-bond acceptors (Lipinski definition) is 4. The van der Waals surface area contributed by atoms with Gasteiger partial charge >= 0.3 is 0 Å². The van der Waals surface area contributed by atoms with Gasteiger partial charge in [-0.25, -0.2) is 8.42 Å². The largest absolute Gasteiger partial charge is 0.322 e. The van der Waals surface area contributed by atoms with E-state index >= 15 is 0 Å². The summed E-state index contributed by atoms with van der Waals surface area (Å²) >= 11 is 12.1. The van der Waals surface area contributed by atoms with Gasteiger partial charge in [-0.3, -0.25) is 9.59 Å². The molecule has 0 atom stereocenters. The zero-order valence-corrected chi connectivity index (χ0v) is 18.0. The molecule has 6 nitrogen and oxygen atoms in total. The van der Waals surface area contributed by atoms with E-state index in [-0.39, 0.29) is 21.4 Å². The smallest absolute Gasteiger partial charge is 0.255 e. The van der Waals surface area contributed by atoms with Gasteiger partial charge in [-0.15, -0.1) is 0 Å². The highest BCUT2D eigenvalue weighted by molar-refractivity contribution is 7.90. The average molecular weight is 463 g/mol. The molecule has 0 aliphatic carbocycles. The topological polar surface area (TPSA) is 92.3 Å². The Balaban J connectivity index is 1.74. The van der Waals surface area contributed by atoms with Gasteiger partial charge in [-0.1, -0.05) is 35.3 Å². The summed E-state index contributed by atoms with van der Waals surface area (Å²) in [7, 11) is -3.44. The molecular formula is C21H16Cl2N2O4S. The minimum atomic E-state index is -3.44. The first-order chi connectivity index (χ1) is 14.1. The van der Waals surface area contributed by atoms with Gasteiger partial charge in [0, 0.05) is 28.1 Å². The fraction of sp³-hybridized carbons (Fsp3) is 0.0476. The summed E-state index contributed by atoms with van der Waals surface area (Å²) in [6, 6.07) is 16.8. The Morgan fingerprint density at radius 2 is 1.43 bits per heavy atom. The summed E-state index contributed by atoms with van der Waals surface area (Å²) in [6.45, 7) is 0. The number of sulfone groups is 1. The van der Waals surface area contributed by atoms with Crippen molar-refractivity contribution in [2.75, 3.05) is 16.9 Å². The van der Waals surface area contributed by atoms with Crippen molar-refractivity contribution in [2.24, 2.45) is 0 Å². The first-order valence-electron chi connectivity index (χ1n) is 8.61. The lowest BCUT2D eigenvalue weighted by molar-refractivity contribution is 0.101. The van der Waals surface area contributed by atoms with Crippen molar-refractivity contribution in [3.05, 3.63) is 87.9 Å². The van der Waals surface area contributed by atoms with Crippen molar-refractivity contribution in [3.63, 3.8) is 0 Å². The number of rotatable bonds is 5. The lowest BCUT2D eigenvalue weighted by Crippen LogP contribution is -2.14. The molecule has 0 heterocycles. The van der Waals surface area contributed by atoms with E-state index in [1.165, 1.54) is 42.5 Å². The molecule has 2 amide bonds. The summed E-state index contributed by atoms with van der Waals surface area (Å²) < 4.78 is 23.3. The third-order valence-electron chi connectivity index (χ3n) is 4.09. The lowest BCUT2D eigenvalue weighted by Gasteiger charge is -2.11. The van der Waals surface area contributed by atoms with Crippen molar-refractivity contribution in [2.45, 2.75) is 4.90 Å². The number of anilines is 2. The molecule has 0 aromatic heterocycles. The number of amides is 2. The molecule has 0 radical (unpaired) electrons. The monoisotopic (exact) mass is 462 g/mol. The first-order valence-corrected chi connectivity index (χ1v) is 11.3. The molecule has 9 heteroatoms. The number of hydrogen-bond donors (Lipinski definition) is 2. The van der Waals surface area contributed by atoms with Crippen LogP contribution in [0.5, 0.6) is 0 Å². The van der Waals surface area contributed by atoms with Crippen LogP contribution in [0.2, 0.25) is 10.0 Å². The zero-order chi connectivity index (χ0) is 21.9. The van der Waals surface area contributed by atoms with E-state index in [1.807, 2.05) is 0 Å². The van der Waals surface area contributed by atoms with Crippen molar-refractivity contribution < 1.29 is 18.0 Å². The molecule has 3 aromatic rings. The van der Waals surface area contributed by atoms with Crippen LogP contribution in [-0.4, -0.2) is 26.5 Å². The van der Waals surface area contributed by atoms with E-state index in [9.17, 15) is 18.0 Å². The van der Waals surface area contributed by atoms with Gasteiger partial charge in [-0.2, -0.15) is 0 Å². The predicted octanol–water partition coefficient (Wildman–Crippen LogP) is 4.90.